The molecule has 0 aliphatic carbocycles. The van der Waals surface area contributed by atoms with E-state index in [0.29, 0.717) is 5.69 Å². The van der Waals surface area contributed by atoms with Gasteiger partial charge in [-0.25, -0.2) is 4.79 Å². The number of nitrogens with two attached hydrogens (primary N) is 1. The molecule has 3 aromatic rings. The minimum atomic E-state index is -1.06. The normalized spacial score (nSPS) is 11.6. The molecule has 0 saturated heterocycles. The van der Waals surface area contributed by atoms with Crippen molar-refractivity contribution in [2.24, 2.45) is 5.73 Å². The maximum absolute atomic E-state index is 12.1. The van der Waals surface area contributed by atoms with E-state index in [1.165, 1.54) is 4.68 Å². The van der Waals surface area contributed by atoms with Crippen molar-refractivity contribution in [3.63, 3.8) is 0 Å². The molecule has 0 radical (unpaired) electrons. The molecule has 0 unspecified atom stereocenters. The molecule has 27 heavy (non-hydrogen) atoms. The van der Waals surface area contributed by atoms with Crippen LogP contribution in [-0.2, 0) is 11.2 Å². The van der Waals surface area contributed by atoms with Crippen LogP contribution in [0.5, 0.6) is 0 Å². The lowest BCUT2D eigenvalue weighted by atomic mass is 10.1. The Labute approximate surface area is 154 Å². The van der Waals surface area contributed by atoms with Crippen molar-refractivity contribution in [3.05, 3.63) is 66.4 Å². The number of hydrogen-bond acceptors (Lipinski definition) is 5. The van der Waals surface area contributed by atoms with Crippen LogP contribution in [0.1, 0.15) is 5.56 Å². The van der Waals surface area contributed by atoms with Crippen molar-refractivity contribution in [3.8, 4) is 5.69 Å². The number of nitrogens with zero attached hydrogens (tertiary/aromatic N) is 2. The van der Waals surface area contributed by atoms with Gasteiger partial charge >= 0.3 is 17.9 Å². The molecule has 0 aliphatic rings. The van der Waals surface area contributed by atoms with Crippen LogP contribution in [0.4, 0.5) is 16.4 Å². The number of para-hydroxylation sites is 1. The fourth-order valence-corrected chi connectivity index (χ4v) is 2.34. The summed E-state index contributed by atoms with van der Waals surface area (Å²) in [5.41, 5.74) is 7.59. The monoisotopic (exact) mass is 368 g/mol. The fourth-order valence-electron chi connectivity index (χ4n) is 2.34. The highest BCUT2D eigenvalue weighted by molar-refractivity contribution is 5.98. The van der Waals surface area contributed by atoms with Crippen molar-refractivity contribution < 1.29 is 23.9 Å². The molecule has 2 aromatic carbocycles. The number of aliphatic carboxylic acids is 1. The van der Waals surface area contributed by atoms with Gasteiger partial charge in [0.2, 0.25) is 11.0 Å². The van der Waals surface area contributed by atoms with Crippen LogP contribution in [0.25, 0.3) is 5.69 Å². The molecular weight excluding hydrogens is 350 g/mol. The van der Waals surface area contributed by atoms with Crippen LogP contribution in [0.15, 0.2) is 65.3 Å². The van der Waals surface area contributed by atoms with Crippen LogP contribution in [-0.4, -0.2) is 28.4 Å². The van der Waals surface area contributed by atoms with Crippen LogP contribution in [0, 0.1) is 0 Å². The van der Waals surface area contributed by atoms with Gasteiger partial charge in [0.15, 0.2) is 0 Å². The summed E-state index contributed by atoms with van der Waals surface area (Å²) in [4.78, 5) is 22.8. The second-order valence-corrected chi connectivity index (χ2v) is 5.77. The van der Waals surface area contributed by atoms with Crippen molar-refractivity contribution in [1.29, 1.82) is 0 Å². The summed E-state index contributed by atoms with van der Waals surface area (Å²) >= 11 is 0. The quantitative estimate of drug-likeness (QED) is 0.488. The van der Waals surface area contributed by atoms with E-state index < -0.39 is 18.0 Å². The first-order valence-electron chi connectivity index (χ1n) is 8.10. The topological polar surface area (TPSA) is 134 Å². The summed E-state index contributed by atoms with van der Waals surface area (Å²) in [6.45, 7) is 0. The lowest BCUT2D eigenvalue weighted by Gasteiger charge is -2.08. The van der Waals surface area contributed by atoms with E-state index in [9.17, 15) is 9.59 Å². The van der Waals surface area contributed by atoms with Gasteiger partial charge in [-0.3, -0.25) is 14.6 Å². The predicted molar refractivity (Wildman–Crippen MR) is 96.4 cm³/mol. The summed E-state index contributed by atoms with van der Waals surface area (Å²) in [7, 11) is 0. The number of carbonyl (C=O) groups excluding carboxylic acids is 1. The Balaban J connectivity index is 1.56. The zero-order valence-electron chi connectivity index (χ0n) is 14.2. The lowest BCUT2D eigenvalue weighted by Crippen LogP contribution is -2.32. The molecule has 0 saturated carbocycles. The molecule has 1 atom stereocenters. The SMILES string of the molecule is N[C@@H](Cc1ccc(NC(=O)Nc2c[n+](-c3ccccc3)no2)cc1)C(=O)O. The van der Waals surface area contributed by atoms with Gasteiger partial charge in [-0.2, -0.15) is 0 Å². The van der Waals surface area contributed by atoms with Crippen LogP contribution in [0.3, 0.4) is 0 Å². The smallest absolute Gasteiger partial charge is 0.326 e. The Bertz CT molecular complexity index is 924. The molecule has 0 fully saturated rings. The number of anilines is 2. The summed E-state index contributed by atoms with van der Waals surface area (Å²) in [6, 6.07) is 14.6. The van der Waals surface area contributed by atoms with Crippen molar-refractivity contribution in [1.82, 2.24) is 5.27 Å². The number of benzene rings is 2. The minimum absolute atomic E-state index is 0.181. The first kappa shape index (κ1) is 18.1. The number of rotatable bonds is 6. The van der Waals surface area contributed by atoms with Gasteiger partial charge in [-0.1, -0.05) is 30.3 Å². The van der Waals surface area contributed by atoms with Crippen molar-refractivity contribution in [2.45, 2.75) is 12.5 Å². The number of carboxylic acids is 1. The third-order valence-electron chi connectivity index (χ3n) is 3.71. The summed E-state index contributed by atoms with van der Waals surface area (Å²) in [5, 5.41) is 17.9. The molecular formula is C18H18N5O4+. The number of hydrogen-bond donors (Lipinski definition) is 4. The predicted octanol–water partition coefficient (Wildman–Crippen LogP) is 1.55. The summed E-state index contributed by atoms with van der Waals surface area (Å²) in [5.74, 6) is -0.878. The third kappa shape index (κ3) is 4.89. The molecule has 1 aromatic heterocycles. The second-order valence-electron chi connectivity index (χ2n) is 5.77. The Morgan fingerprint density at radius 1 is 1.11 bits per heavy atom. The fraction of sp³-hybridized carbons (Fsp3) is 0.111. The highest BCUT2D eigenvalue weighted by Gasteiger charge is 2.16. The van der Waals surface area contributed by atoms with Gasteiger partial charge in [0.25, 0.3) is 6.20 Å². The highest BCUT2D eigenvalue weighted by Crippen LogP contribution is 2.12. The van der Waals surface area contributed by atoms with Gasteiger partial charge in [0.05, 0.1) is 0 Å². The standard InChI is InChI=1S/C18H17N5O4/c19-15(17(24)25)10-12-6-8-13(9-7-12)20-18(26)21-16-11-23(22-27-16)14-4-2-1-3-5-14/h1-9,11,15H,10,19H2,(H2-,20,21,22,24,25,26)/p+1/t15-/m0/s1. The van der Waals surface area contributed by atoms with E-state index in [4.69, 9.17) is 15.4 Å². The molecule has 9 nitrogen and oxygen atoms in total. The zero-order chi connectivity index (χ0) is 19.2. The Kier molecular flexibility index (Phi) is 5.43. The summed E-state index contributed by atoms with van der Waals surface area (Å²) < 4.78 is 6.58. The zero-order valence-corrected chi connectivity index (χ0v) is 14.2. The van der Waals surface area contributed by atoms with Gasteiger partial charge < -0.3 is 16.2 Å². The van der Waals surface area contributed by atoms with E-state index in [1.54, 1.807) is 30.5 Å². The molecule has 3 rings (SSSR count). The average molecular weight is 368 g/mol. The number of nitrogens with one attached hydrogen (secondary N) is 2. The molecule has 0 aliphatic heterocycles. The van der Waals surface area contributed by atoms with E-state index in [-0.39, 0.29) is 12.3 Å². The Hall–Kier alpha value is -3.72. The van der Waals surface area contributed by atoms with Gasteiger partial charge in [0, 0.05) is 17.8 Å². The largest absolute Gasteiger partial charge is 0.480 e. The van der Waals surface area contributed by atoms with E-state index in [0.717, 1.165) is 11.3 Å². The van der Waals surface area contributed by atoms with E-state index in [2.05, 4.69) is 15.9 Å². The number of amides is 2. The molecule has 5 N–H and O–H groups in total. The first-order valence-corrected chi connectivity index (χ1v) is 8.10. The first-order chi connectivity index (χ1) is 13.0. The lowest BCUT2D eigenvalue weighted by molar-refractivity contribution is -0.670. The number of carboxylic acid groups (broad SMARTS) is 1. The molecule has 2 amide bonds. The molecule has 1 heterocycles. The maximum atomic E-state index is 12.1. The van der Waals surface area contributed by atoms with Crippen molar-refractivity contribution in [2.75, 3.05) is 10.6 Å². The van der Waals surface area contributed by atoms with Gasteiger partial charge in [-0.15, -0.1) is 0 Å². The number of urea groups is 1. The van der Waals surface area contributed by atoms with Gasteiger partial charge in [-0.05, 0) is 28.8 Å². The number of carbonyl (C=O) groups is 2. The summed E-state index contributed by atoms with van der Waals surface area (Å²) in [6.07, 6.45) is 1.75. The second kappa shape index (κ2) is 8.11. The minimum Gasteiger partial charge on any atom is -0.480 e. The van der Waals surface area contributed by atoms with E-state index >= 15 is 0 Å². The average Bonchev–Trinajstić information content (AvgIpc) is 3.12. The van der Waals surface area contributed by atoms with Crippen LogP contribution < -0.4 is 21.0 Å². The van der Waals surface area contributed by atoms with Crippen LogP contribution >= 0.6 is 0 Å². The Morgan fingerprint density at radius 3 is 2.48 bits per heavy atom. The van der Waals surface area contributed by atoms with Crippen molar-refractivity contribution >= 4 is 23.6 Å². The van der Waals surface area contributed by atoms with Gasteiger partial charge in [0.1, 0.15) is 6.04 Å². The maximum Gasteiger partial charge on any atom is 0.326 e. The highest BCUT2D eigenvalue weighted by atomic mass is 16.5. The van der Waals surface area contributed by atoms with Crippen LogP contribution in [0.2, 0.25) is 0 Å². The molecule has 0 bridgehead atoms. The van der Waals surface area contributed by atoms with E-state index in [1.807, 2.05) is 30.3 Å². The molecule has 138 valence electrons. The third-order valence-corrected chi connectivity index (χ3v) is 3.71. The number of aromatic nitrogens is 2. The molecule has 0 spiro atoms. The molecule has 9 heteroatoms. The Morgan fingerprint density at radius 2 is 1.81 bits per heavy atom.